The van der Waals surface area contributed by atoms with E-state index in [1.54, 1.807) is 0 Å². The minimum Gasteiger partial charge on any atom is -0.327 e. The van der Waals surface area contributed by atoms with Crippen LogP contribution < -0.4 is 11.1 Å². The van der Waals surface area contributed by atoms with Crippen molar-refractivity contribution in [1.82, 2.24) is 0 Å². The van der Waals surface area contributed by atoms with Gasteiger partial charge in [-0.1, -0.05) is 42.8 Å². The van der Waals surface area contributed by atoms with Crippen LogP contribution in [0.3, 0.4) is 0 Å². The predicted octanol–water partition coefficient (Wildman–Crippen LogP) is 3.72. The predicted molar refractivity (Wildman–Crippen MR) is 89.8 cm³/mol. The Morgan fingerprint density at radius 3 is 2.67 bits per heavy atom. The topological polar surface area (TPSA) is 55.1 Å². The molecular weight excluding hydrogens is 284 g/mol. The highest BCUT2D eigenvalue weighted by Gasteiger charge is 2.26. The number of fused-ring (bicyclic) bond motifs is 1. The van der Waals surface area contributed by atoms with Gasteiger partial charge in [-0.2, -0.15) is 0 Å². The average molecular weight is 305 g/mol. The second-order valence-electron chi connectivity index (χ2n) is 5.63. The van der Waals surface area contributed by atoms with Gasteiger partial charge in [0.1, 0.15) is 0 Å². The molecule has 3 N–H and O–H groups in total. The van der Waals surface area contributed by atoms with Crippen LogP contribution >= 0.6 is 12.4 Å². The number of nitrogens with two attached hydrogens (primary N) is 1. The summed E-state index contributed by atoms with van der Waals surface area (Å²) in [5.74, 6) is 0.411. The van der Waals surface area contributed by atoms with Crippen LogP contribution in [0.1, 0.15) is 25.7 Å². The van der Waals surface area contributed by atoms with E-state index in [2.05, 4.69) is 17.4 Å². The smallest absolute Gasteiger partial charge is 0.224 e. The Balaban J connectivity index is 0.00000161. The van der Waals surface area contributed by atoms with Crippen molar-refractivity contribution in [3.8, 4) is 0 Å². The van der Waals surface area contributed by atoms with Crippen LogP contribution in [0, 0.1) is 5.92 Å². The molecule has 0 heterocycles. The fourth-order valence-corrected chi connectivity index (χ4v) is 3.09. The lowest BCUT2D eigenvalue weighted by Crippen LogP contribution is -2.28. The van der Waals surface area contributed by atoms with Crippen molar-refractivity contribution in [3.05, 3.63) is 42.5 Å². The first kappa shape index (κ1) is 15.8. The van der Waals surface area contributed by atoms with Gasteiger partial charge in [-0.25, -0.2) is 0 Å². The Bertz CT molecular complexity index is 624. The summed E-state index contributed by atoms with van der Waals surface area (Å²) in [7, 11) is 0. The van der Waals surface area contributed by atoms with Crippen LogP contribution in [0.15, 0.2) is 42.5 Å². The minimum absolute atomic E-state index is 0. The highest BCUT2D eigenvalue weighted by molar-refractivity contribution is 6.02. The molecular formula is C17H21ClN2O. The molecule has 0 radical (unpaired) electrons. The van der Waals surface area contributed by atoms with E-state index < -0.39 is 0 Å². The van der Waals surface area contributed by atoms with Crippen LogP contribution in [0.4, 0.5) is 5.69 Å². The van der Waals surface area contributed by atoms with E-state index in [4.69, 9.17) is 5.73 Å². The molecule has 0 aliphatic heterocycles. The van der Waals surface area contributed by atoms with Gasteiger partial charge >= 0.3 is 0 Å². The van der Waals surface area contributed by atoms with Crippen molar-refractivity contribution in [2.45, 2.75) is 31.7 Å². The molecule has 0 saturated heterocycles. The van der Waals surface area contributed by atoms with E-state index in [-0.39, 0.29) is 24.4 Å². The fraction of sp³-hybridized carbons (Fsp3) is 0.353. The molecule has 21 heavy (non-hydrogen) atoms. The molecule has 1 aliphatic rings. The molecule has 112 valence electrons. The molecule has 0 aromatic heterocycles. The normalized spacial score (nSPS) is 21.0. The first-order valence-electron chi connectivity index (χ1n) is 7.27. The molecule has 0 bridgehead atoms. The van der Waals surface area contributed by atoms with Crippen LogP contribution in [-0.2, 0) is 4.79 Å². The Kier molecular flexibility index (Phi) is 5.21. The first-order chi connectivity index (χ1) is 9.74. The van der Waals surface area contributed by atoms with Gasteiger partial charge in [0.05, 0.1) is 0 Å². The van der Waals surface area contributed by atoms with E-state index >= 15 is 0 Å². The third-order valence-corrected chi connectivity index (χ3v) is 4.23. The summed E-state index contributed by atoms with van der Waals surface area (Å²) in [6.45, 7) is 0. The second-order valence-corrected chi connectivity index (χ2v) is 5.63. The van der Waals surface area contributed by atoms with Gasteiger partial charge in [0.15, 0.2) is 0 Å². The lowest BCUT2D eigenvalue weighted by molar-refractivity contribution is -0.117. The highest BCUT2D eigenvalue weighted by atomic mass is 35.5. The lowest BCUT2D eigenvalue weighted by Gasteiger charge is -2.15. The number of carbonyl (C=O) groups excluding carboxylic acids is 1. The molecule has 0 unspecified atom stereocenters. The van der Waals surface area contributed by atoms with Gasteiger partial charge in [-0.3, -0.25) is 4.79 Å². The highest BCUT2D eigenvalue weighted by Crippen LogP contribution is 2.28. The van der Waals surface area contributed by atoms with Gasteiger partial charge < -0.3 is 11.1 Å². The van der Waals surface area contributed by atoms with E-state index in [0.717, 1.165) is 35.7 Å². The van der Waals surface area contributed by atoms with Gasteiger partial charge in [0.2, 0.25) is 5.91 Å². The molecule has 1 fully saturated rings. The molecule has 3 nitrogen and oxygen atoms in total. The number of carbonyl (C=O) groups is 1. The van der Waals surface area contributed by atoms with Gasteiger partial charge in [0, 0.05) is 23.5 Å². The third-order valence-electron chi connectivity index (χ3n) is 4.23. The lowest BCUT2D eigenvalue weighted by atomic mass is 9.99. The monoisotopic (exact) mass is 304 g/mol. The zero-order chi connectivity index (χ0) is 13.9. The van der Waals surface area contributed by atoms with Crippen molar-refractivity contribution >= 4 is 34.8 Å². The number of rotatable bonds is 3. The zero-order valence-electron chi connectivity index (χ0n) is 11.9. The van der Waals surface area contributed by atoms with Crippen molar-refractivity contribution in [2.75, 3.05) is 5.32 Å². The second kappa shape index (κ2) is 6.92. The molecule has 1 aliphatic carbocycles. The van der Waals surface area contributed by atoms with E-state index in [0.29, 0.717) is 12.3 Å². The maximum Gasteiger partial charge on any atom is 0.224 e. The molecule has 2 atom stereocenters. The van der Waals surface area contributed by atoms with E-state index in [9.17, 15) is 4.79 Å². The van der Waals surface area contributed by atoms with Crippen LogP contribution in [0.5, 0.6) is 0 Å². The van der Waals surface area contributed by atoms with Gasteiger partial charge in [-0.05, 0) is 30.2 Å². The van der Waals surface area contributed by atoms with Gasteiger partial charge in [0.25, 0.3) is 0 Å². The molecule has 3 rings (SSSR count). The SMILES string of the molecule is Cl.N[C@@H]1CCC[C@H]1CC(=O)Nc1cccc2ccccc12. The Morgan fingerprint density at radius 2 is 1.90 bits per heavy atom. The van der Waals surface area contributed by atoms with Crippen molar-refractivity contribution in [3.63, 3.8) is 0 Å². The van der Waals surface area contributed by atoms with Crippen molar-refractivity contribution < 1.29 is 4.79 Å². The molecule has 1 saturated carbocycles. The summed E-state index contributed by atoms with van der Waals surface area (Å²) in [5.41, 5.74) is 6.92. The first-order valence-corrected chi connectivity index (χ1v) is 7.27. The van der Waals surface area contributed by atoms with E-state index in [1.165, 1.54) is 0 Å². The summed E-state index contributed by atoms with van der Waals surface area (Å²) in [4.78, 5) is 12.2. The van der Waals surface area contributed by atoms with Crippen LogP contribution in [-0.4, -0.2) is 11.9 Å². The van der Waals surface area contributed by atoms with Gasteiger partial charge in [-0.15, -0.1) is 12.4 Å². The Hall–Kier alpha value is -1.58. The number of hydrogen-bond donors (Lipinski definition) is 2. The van der Waals surface area contributed by atoms with Crippen molar-refractivity contribution in [1.29, 1.82) is 0 Å². The van der Waals surface area contributed by atoms with Crippen molar-refractivity contribution in [2.24, 2.45) is 11.7 Å². The molecule has 2 aromatic carbocycles. The Labute approximate surface area is 131 Å². The number of hydrogen-bond acceptors (Lipinski definition) is 2. The number of amides is 1. The minimum atomic E-state index is 0. The fourth-order valence-electron chi connectivity index (χ4n) is 3.09. The maximum atomic E-state index is 12.2. The summed E-state index contributed by atoms with van der Waals surface area (Å²) in [6.07, 6.45) is 3.80. The van der Waals surface area contributed by atoms with E-state index in [1.807, 2.05) is 30.3 Å². The standard InChI is InChI=1S/C17H20N2O.ClH/c18-15-9-3-7-13(15)11-17(20)19-16-10-4-6-12-5-1-2-8-14(12)16;/h1-2,4-6,8,10,13,15H,3,7,9,11,18H2,(H,19,20);1H/t13-,15+;/m0./s1. The summed E-state index contributed by atoms with van der Waals surface area (Å²) < 4.78 is 0. The number of benzene rings is 2. The number of anilines is 1. The third kappa shape index (κ3) is 3.55. The molecule has 4 heteroatoms. The molecule has 2 aromatic rings. The summed E-state index contributed by atoms with van der Waals surface area (Å²) >= 11 is 0. The van der Waals surface area contributed by atoms with Crippen LogP contribution in [0.25, 0.3) is 10.8 Å². The largest absolute Gasteiger partial charge is 0.327 e. The summed E-state index contributed by atoms with van der Waals surface area (Å²) in [5, 5.41) is 5.26. The number of halogens is 1. The molecule has 1 amide bonds. The Morgan fingerprint density at radius 1 is 1.14 bits per heavy atom. The number of nitrogens with one attached hydrogen (secondary N) is 1. The maximum absolute atomic E-state index is 12.2. The quantitative estimate of drug-likeness (QED) is 0.908. The summed E-state index contributed by atoms with van der Waals surface area (Å²) in [6, 6.07) is 14.3. The molecule has 0 spiro atoms. The van der Waals surface area contributed by atoms with Crippen LogP contribution in [0.2, 0.25) is 0 Å². The zero-order valence-corrected chi connectivity index (χ0v) is 12.7. The average Bonchev–Trinajstić information content (AvgIpc) is 2.85.